The lowest BCUT2D eigenvalue weighted by Crippen LogP contribution is -2.55. The first-order valence-electron chi connectivity index (χ1n) is 14.5. The van der Waals surface area contributed by atoms with Crippen LogP contribution in [-0.4, -0.2) is 78.3 Å². The number of rotatable bonds is 6. The topological polar surface area (TPSA) is 201 Å². The van der Waals surface area contributed by atoms with Gasteiger partial charge in [0.1, 0.15) is 29.9 Å². The Morgan fingerprint density at radius 3 is 1.98 bits per heavy atom. The summed E-state index contributed by atoms with van der Waals surface area (Å²) in [5.74, 6) is -3.68. The predicted molar refractivity (Wildman–Crippen MR) is 160 cm³/mol. The van der Waals surface area contributed by atoms with Crippen LogP contribution in [0.1, 0.15) is 38.3 Å². The molecule has 0 aliphatic carbocycles. The van der Waals surface area contributed by atoms with Crippen molar-refractivity contribution < 1.29 is 43.3 Å². The maximum absolute atomic E-state index is 13.4. The fourth-order valence-corrected chi connectivity index (χ4v) is 4.46. The molecule has 1 saturated heterocycles. The molecule has 242 valence electrons. The molecule has 45 heavy (non-hydrogen) atoms. The average Bonchev–Trinajstić information content (AvgIpc) is 2.99. The molecular formula is C31H39N5O9. The third-order valence-electron chi connectivity index (χ3n) is 6.79. The first kappa shape index (κ1) is 34.4. The van der Waals surface area contributed by atoms with E-state index in [0.717, 1.165) is 5.56 Å². The van der Waals surface area contributed by atoms with Gasteiger partial charge in [-0.2, -0.15) is 0 Å². The van der Waals surface area contributed by atoms with Gasteiger partial charge in [-0.05, 0) is 42.5 Å². The molecule has 0 spiro atoms. The Balaban J connectivity index is 1.84. The molecule has 2 aromatic rings. The molecule has 6 N–H and O–H groups in total. The number of hydrogen-bond donors (Lipinski definition) is 6. The van der Waals surface area contributed by atoms with Gasteiger partial charge < -0.3 is 41.2 Å². The molecule has 1 aliphatic rings. The summed E-state index contributed by atoms with van der Waals surface area (Å²) in [5, 5.41) is 22.1. The highest BCUT2D eigenvalue weighted by molar-refractivity contribution is 5.94. The number of carbonyl (C=O) groups excluding carboxylic acids is 6. The number of benzene rings is 2. The fraction of sp³-hybridized carbons (Fsp3) is 0.419. The zero-order chi connectivity index (χ0) is 32.9. The summed E-state index contributed by atoms with van der Waals surface area (Å²) < 4.78 is 10.1. The van der Waals surface area contributed by atoms with Crippen LogP contribution in [0.4, 0.5) is 4.79 Å². The minimum absolute atomic E-state index is 0.00516. The van der Waals surface area contributed by atoms with Crippen molar-refractivity contribution in [2.45, 2.75) is 64.2 Å². The van der Waals surface area contributed by atoms with E-state index in [0.29, 0.717) is 5.56 Å². The van der Waals surface area contributed by atoms with Gasteiger partial charge in [0.15, 0.2) is 0 Å². The van der Waals surface area contributed by atoms with Crippen LogP contribution in [0.3, 0.4) is 0 Å². The monoisotopic (exact) mass is 625 g/mol. The summed E-state index contributed by atoms with van der Waals surface area (Å²) in [4.78, 5) is 77.7. The second-order valence-electron chi connectivity index (χ2n) is 11.0. The summed E-state index contributed by atoms with van der Waals surface area (Å²) in [5.41, 5.74) is 1.31. The van der Waals surface area contributed by atoms with Gasteiger partial charge in [0, 0.05) is 12.8 Å². The minimum Gasteiger partial charge on any atom is -0.508 e. The van der Waals surface area contributed by atoms with Crippen molar-refractivity contribution in [2.24, 2.45) is 5.92 Å². The molecule has 0 saturated carbocycles. The van der Waals surface area contributed by atoms with E-state index < -0.39 is 73.2 Å². The lowest BCUT2D eigenvalue weighted by Gasteiger charge is -2.24. The van der Waals surface area contributed by atoms with Crippen LogP contribution >= 0.6 is 0 Å². The molecule has 14 nitrogen and oxygen atoms in total. The Kier molecular flexibility index (Phi) is 12.7. The van der Waals surface area contributed by atoms with Crippen LogP contribution < -0.4 is 26.6 Å². The van der Waals surface area contributed by atoms with Crippen LogP contribution in [0.2, 0.25) is 0 Å². The average molecular weight is 626 g/mol. The van der Waals surface area contributed by atoms with E-state index in [-0.39, 0.29) is 30.9 Å². The molecule has 0 bridgehead atoms. The lowest BCUT2D eigenvalue weighted by atomic mass is 10.0. The molecule has 1 heterocycles. The van der Waals surface area contributed by atoms with Gasteiger partial charge >= 0.3 is 12.1 Å². The third-order valence-corrected chi connectivity index (χ3v) is 6.79. The highest BCUT2D eigenvalue weighted by atomic mass is 16.7. The van der Waals surface area contributed by atoms with Crippen molar-refractivity contribution in [3.8, 4) is 5.75 Å². The second-order valence-corrected chi connectivity index (χ2v) is 11.0. The molecule has 14 heteroatoms. The zero-order valence-corrected chi connectivity index (χ0v) is 25.3. The van der Waals surface area contributed by atoms with Gasteiger partial charge in [0.05, 0.1) is 6.54 Å². The van der Waals surface area contributed by atoms with Crippen LogP contribution in [0, 0.1) is 5.92 Å². The minimum atomic E-state index is -1.23. The van der Waals surface area contributed by atoms with E-state index in [1.807, 2.05) is 13.8 Å². The van der Waals surface area contributed by atoms with Gasteiger partial charge in [-0.1, -0.05) is 56.3 Å². The van der Waals surface area contributed by atoms with E-state index >= 15 is 0 Å². The second kappa shape index (κ2) is 16.6. The number of alkyl carbamates (subject to hydrolysis) is 1. The summed E-state index contributed by atoms with van der Waals surface area (Å²) >= 11 is 0. The van der Waals surface area contributed by atoms with Crippen molar-refractivity contribution in [1.82, 2.24) is 26.6 Å². The first-order valence-corrected chi connectivity index (χ1v) is 14.5. The molecule has 1 aliphatic heterocycles. The standard InChI is InChI=1S/C31H39N5O9/c1-18(2)13-25-30(42)44-17-45-31(43)36-24(15-21-9-11-22(37)12-10-21)28(40)33-19(3)27(39)32-16-26(38)34-23(29(41)35-25)14-20-7-5-4-6-8-20/h4-12,18-19,23-25,37H,13-17H2,1-3H3,(H,32,39)(H,33,40)(H,34,38)(H,35,41)(H,36,43)/t19-,23+,24+,25-/m1/s1. The van der Waals surface area contributed by atoms with Crippen LogP contribution in [0.5, 0.6) is 5.75 Å². The van der Waals surface area contributed by atoms with Crippen molar-refractivity contribution in [2.75, 3.05) is 13.3 Å². The number of ether oxygens (including phenoxy) is 2. The lowest BCUT2D eigenvalue weighted by molar-refractivity contribution is -0.156. The zero-order valence-electron chi connectivity index (χ0n) is 25.3. The number of nitrogens with one attached hydrogen (secondary N) is 5. The molecule has 0 radical (unpaired) electrons. The van der Waals surface area contributed by atoms with E-state index in [1.54, 1.807) is 42.5 Å². The van der Waals surface area contributed by atoms with Crippen LogP contribution in [-0.2, 0) is 46.3 Å². The summed E-state index contributed by atoms with van der Waals surface area (Å²) in [7, 11) is 0. The van der Waals surface area contributed by atoms with Crippen molar-refractivity contribution >= 4 is 35.7 Å². The number of phenolic OH excluding ortho intramolecular Hbond substituents is 1. The van der Waals surface area contributed by atoms with E-state index in [2.05, 4.69) is 26.6 Å². The maximum atomic E-state index is 13.4. The maximum Gasteiger partial charge on any atom is 0.410 e. The molecule has 3 rings (SSSR count). The van der Waals surface area contributed by atoms with Crippen molar-refractivity contribution in [3.63, 3.8) is 0 Å². The van der Waals surface area contributed by atoms with Gasteiger partial charge in [-0.3, -0.25) is 19.2 Å². The third kappa shape index (κ3) is 11.5. The normalized spacial score (nSPS) is 22.7. The number of cyclic esters (lactones) is 2. The van der Waals surface area contributed by atoms with Gasteiger partial charge in [-0.15, -0.1) is 0 Å². The van der Waals surface area contributed by atoms with Gasteiger partial charge in [-0.25, -0.2) is 9.59 Å². The molecule has 1 fully saturated rings. The fourth-order valence-electron chi connectivity index (χ4n) is 4.46. The van der Waals surface area contributed by atoms with Crippen LogP contribution in [0.25, 0.3) is 0 Å². The quantitative estimate of drug-likeness (QED) is 0.246. The Hall–Kier alpha value is -5.14. The highest BCUT2D eigenvalue weighted by Crippen LogP contribution is 2.12. The van der Waals surface area contributed by atoms with Crippen molar-refractivity contribution in [3.05, 3.63) is 65.7 Å². The number of phenols is 1. The Morgan fingerprint density at radius 2 is 1.33 bits per heavy atom. The highest BCUT2D eigenvalue weighted by Gasteiger charge is 2.30. The number of aromatic hydroxyl groups is 1. The van der Waals surface area contributed by atoms with Crippen molar-refractivity contribution in [1.29, 1.82) is 0 Å². The van der Waals surface area contributed by atoms with E-state index in [9.17, 15) is 33.9 Å². The van der Waals surface area contributed by atoms with Crippen LogP contribution in [0.15, 0.2) is 54.6 Å². The number of hydrogen-bond acceptors (Lipinski definition) is 9. The Morgan fingerprint density at radius 1 is 0.733 bits per heavy atom. The largest absolute Gasteiger partial charge is 0.508 e. The molecule has 5 amide bonds. The predicted octanol–water partition coefficient (Wildman–Crippen LogP) is 0.423. The number of esters is 1. The Labute approximate surface area is 260 Å². The van der Waals surface area contributed by atoms with Gasteiger partial charge in [0.2, 0.25) is 30.4 Å². The van der Waals surface area contributed by atoms with E-state index in [1.165, 1.54) is 19.1 Å². The number of amides is 5. The summed E-state index contributed by atoms with van der Waals surface area (Å²) in [6.45, 7) is 3.75. The molecule has 4 atom stereocenters. The molecule has 0 aromatic heterocycles. The molecule has 0 unspecified atom stereocenters. The number of carbonyl (C=O) groups is 6. The van der Waals surface area contributed by atoms with E-state index in [4.69, 9.17) is 9.47 Å². The molecular weight excluding hydrogens is 586 g/mol. The Bertz CT molecular complexity index is 1350. The smallest absolute Gasteiger partial charge is 0.410 e. The summed E-state index contributed by atoms with van der Waals surface area (Å²) in [6, 6.07) is 10.2. The SMILES string of the molecule is CC(C)C[C@H]1NC(=O)[C@H](Cc2ccccc2)NC(=O)CNC(=O)[C@@H](C)NC(=O)[C@H](Cc2ccc(O)cc2)NC(=O)OCOC1=O. The first-order chi connectivity index (χ1) is 21.4. The molecule has 2 aromatic carbocycles. The van der Waals surface area contributed by atoms with Gasteiger partial charge in [0.25, 0.3) is 0 Å². The summed E-state index contributed by atoms with van der Waals surface area (Å²) in [6.07, 6.45) is -0.846.